The maximum atomic E-state index is 3.55. The average Bonchev–Trinajstić information content (AvgIpc) is 2.36. The molecular formula is C19H32N2. The summed E-state index contributed by atoms with van der Waals surface area (Å²) in [5.74, 6) is 0.635. The van der Waals surface area contributed by atoms with Gasteiger partial charge in [-0.25, -0.2) is 0 Å². The molecule has 1 N–H and O–H groups in total. The highest BCUT2D eigenvalue weighted by Crippen LogP contribution is 2.44. The number of aryl methyl sites for hydroxylation is 1. The van der Waals surface area contributed by atoms with Crippen molar-refractivity contribution in [3.05, 3.63) is 28.8 Å². The summed E-state index contributed by atoms with van der Waals surface area (Å²) in [6.07, 6.45) is 1.23. The fourth-order valence-corrected chi connectivity index (χ4v) is 3.78. The molecule has 0 bridgehead atoms. The number of anilines is 1. The van der Waals surface area contributed by atoms with E-state index in [1.54, 1.807) is 0 Å². The topological polar surface area (TPSA) is 15.3 Å². The van der Waals surface area contributed by atoms with E-state index in [4.69, 9.17) is 0 Å². The summed E-state index contributed by atoms with van der Waals surface area (Å²) in [4.78, 5) is 2.58. The van der Waals surface area contributed by atoms with Crippen molar-refractivity contribution in [3.8, 4) is 0 Å². The van der Waals surface area contributed by atoms with Crippen molar-refractivity contribution < 1.29 is 0 Å². The quantitative estimate of drug-likeness (QED) is 0.870. The minimum Gasteiger partial charge on any atom is -0.366 e. The van der Waals surface area contributed by atoms with Gasteiger partial charge in [-0.2, -0.15) is 0 Å². The van der Waals surface area contributed by atoms with Gasteiger partial charge in [-0.1, -0.05) is 26.8 Å². The van der Waals surface area contributed by atoms with Gasteiger partial charge >= 0.3 is 0 Å². The Bertz CT molecular complexity index is 503. The molecule has 0 fully saturated rings. The zero-order chi connectivity index (χ0) is 15.8. The summed E-state index contributed by atoms with van der Waals surface area (Å²) in [7, 11) is 0. The standard InChI is InChI=1S/C19H32N2/c1-8-21-18-9-14(4)16(12-20-13(2)3)10-17(18)15(5)11-19(21,6)7/h9-10,13,15,20H,8,11-12H2,1-7H3/t15-/m1/s1. The van der Waals surface area contributed by atoms with Gasteiger partial charge in [0.15, 0.2) is 0 Å². The lowest BCUT2D eigenvalue weighted by molar-refractivity contribution is 0.381. The smallest absolute Gasteiger partial charge is 0.0408 e. The van der Waals surface area contributed by atoms with Crippen molar-refractivity contribution in [2.24, 2.45) is 0 Å². The first-order valence-corrected chi connectivity index (χ1v) is 8.40. The molecule has 2 nitrogen and oxygen atoms in total. The zero-order valence-electron chi connectivity index (χ0n) is 14.9. The van der Waals surface area contributed by atoms with Crippen molar-refractivity contribution in [1.82, 2.24) is 5.32 Å². The van der Waals surface area contributed by atoms with Gasteiger partial charge in [0.05, 0.1) is 0 Å². The molecule has 1 aromatic rings. The highest BCUT2D eigenvalue weighted by molar-refractivity contribution is 5.62. The van der Waals surface area contributed by atoms with Crippen LogP contribution in [0.15, 0.2) is 12.1 Å². The van der Waals surface area contributed by atoms with Crippen LogP contribution in [0.4, 0.5) is 5.69 Å². The lowest BCUT2D eigenvalue weighted by atomic mass is 9.79. The molecule has 0 saturated carbocycles. The van der Waals surface area contributed by atoms with E-state index in [1.807, 2.05) is 0 Å². The largest absolute Gasteiger partial charge is 0.366 e. The first kappa shape index (κ1) is 16.4. The van der Waals surface area contributed by atoms with Crippen LogP contribution in [0, 0.1) is 6.92 Å². The first-order valence-electron chi connectivity index (χ1n) is 8.40. The van der Waals surface area contributed by atoms with Crippen molar-refractivity contribution in [3.63, 3.8) is 0 Å². The lowest BCUT2D eigenvalue weighted by Gasteiger charge is -2.47. The Morgan fingerprint density at radius 3 is 2.57 bits per heavy atom. The summed E-state index contributed by atoms with van der Waals surface area (Å²) in [5, 5.41) is 3.55. The Morgan fingerprint density at radius 2 is 2.00 bits per heavy atom. The number of hydrogen-bond acceptors (Lipinski definition) is 2. The van der Waals surface area contributed by atoms with Gasteiger partial charge in [-0.15, -0.1) is 0 Å². The average molecular weight is 288 g/mol. The molecule has 0 spiro atoms. The molecule has 21 heavy (non-hydrogen) atoms. The van der Waals surface area contributed by atoms with E-state index < -0.39 is 0 Å². The third-order valence-electron chi connectivity index (χ3n) is 4.86. The number of fused-ring (bicyclic) bond motifs is 1. The number of nitrogens with one attached hydrogen (secondary N) is 1. The Morgan fingerprint density at radius 1 is 1.33 bits per heavy atom. The molecule has 2 heteroatoms. The maximum absolute atomic E-state index is 3.55. The van der Waals surface area contributed by atoms with Crippen LogP contribution in [0.2, 0.25) is 0 Å². The molecule has 0 radical (unpaired) electrons. The number of benzene rings is 1. The van der Waals surface area contributed by atoms with E-state index in [9.17, 15) is 0 Å². The molecular weight excluding hydrogens is 256 g/mol. The van der Waals surface area contributed by atoms with Crippen molar-refractivity contribution in [1.29, 1.82) is 0 Å². The Balaban J connectivity index is 2.41. The molecule has 1 aliphatic heterocycles. The van der Waals surface area contributed by atoms with Gasteiger partial charge in [0.25, 0.3) is 0 Å². The van der Waals surface area contributed by atoms with Crippen LogP contribution in [0.3, 0.4) is 0 Å². The third-order valence-corrected chi connectivity index (χ3v) is 4.86. The Kier molecular flexibility index (Phi) is 4.67. The molecule has 1 aromatic carbocycles. The minimum atomic E-state index is 0.255. The fourth-order valence-electron chi connectivity index (χ4n) is 3.78. The molecule has 1 heterocycles. The van der Waals surface area contributed by atoms with E-state index >= 15 is 0 Å². The SMILES string of the molecule is CCN1c2cc(C)c(CNC(C)C)cc2[C@H](C)CC1(C)C. The predicted molar refractivity (Wildman–Crippen MR) is 93.3 cm³/mol. The predicted octanol–water partition coefficient (Wildman–Crippen LogP) is 4.61. The van der Waals surface area contributed by atoms with Crippen LogP contribution in [0.5, 0.6) is 0 Å². The Hall–Kier alpha value is -1.02. The molecule has 0 aliphatic carbocycles. The second kappa shape index (κ2) is 6.00. The van der Waals surface area contributed by atoms with Crippen molar-refractivity contribution >= 4 is 5.69 Å². The second-order valence-corrected chi connectivity index (χ2v) is 7.53. The molecule has 0 unspecified atom stereocenters. The summed E-state index contributed by atoms with van der Waals surface area (Å²) >= 11 is 0. The molecule has 1 aliphatic rings. The molecule has 2 rings (SSSR count). The highest BCUT2D eigenvalue weighted by Gasteiger charge is 2.35. The van der Waals surface area contributed by atoms with Gasteiger partial charge in [-0.3, -0.25) is 0 Å². The molecule has 0 saturated heterocycles. The molecule has 0 aromatic heterocycles. The van der Waals surface area contributed by atoms with Crippen LogP contribution < -0.4 is 10.2 Å². The minimum absolute atomic E-state index is 0.255. The molecule has 1 atom stereocenters. The van der Waals surface area contributed by atoms with Crippen LogP contribution in [0.25, 0.3) is 0 Å². The highest BCUT2D eigenvalue weighted by atomic mass is 15.2. The summed E-state index contributed by atoms with van der Waals surface area (Å²) in [6, 6.07) is 5.39. The van der Waals surface area contributed by atoms with E-state index in [0.29, 0.717) is 12.0 Å². The normalized spacial score (nSPS) is 20.8. The van der Waals surface area contributed by atoms with Crippen LogP contribution in [-0.2, 0) is 6.54 Å². The first-order chi connectivity index (χ1) is 9.76. The molecule has 0 amide bonds. The number of rotatable bonds is 4. The summed E-state index contributed by atoms with van der Waals surface area (Å²) in [6.45, 7) is 18.1. The van der Waals surface area contributed by atoms with Gasteiger partial charge < -0.3 is 10.2 Å². The second-order valence-electron chi connectivity index (χ2n) is 7.53. The lowest BCUT2D eigenvalue weighted by Crippen LogP contribution is -2.48. The van der Waals surface area contributed by atoms with Gasteiger partial charge in [0, 0.05) is 30.4 Å². The number of nitrogens with zero attached hydrogens (tertiary/aromatic N) is 1. The van der Waals surface area contributed by atoms with Gasteiger partial charge in [0.1, 0.15) is 0 Å². The van der Waals surface area contributed by atoms with Gasteiger partial charge in [0.2, 0.25) is 0 Å². The van der Waals surface area contributed by atoms with Crippen LogP contribution >= 0.6 is 0 Å². The van der Waals surface area contributed by atoms with E-state index in [-0.39, 0.29) is 5.54 Å². The number of hydrogen-bond donors (Lipinski definition) is 1. The summed E-state index contributed by atoms with van der Waals surface area (Å²) < 4.78 is 0. The van der Waals surface area contributed by atoms with Crippen LogP contribution in [0.1, 0.15) is 70.6 Å². The maximum Gasteiger partial charge on any atom is 0.0408 e. The third kappa shape index (κ3) is 3.26. The van der Waals surface area contributed by atoms with Crippen molar-refractivity contribution in [2.45, 2.75) is 78.9 Å². The van der Waals surface area contributed by atoms with Crippen LogP contribution in [-0.4, -0.2) is 18.1 Å². The monoisotopic (exact) mass is 288 g/mol. The van der Waals surface area contributed by atoms with Crippen molar-refractivity contribution in [2.75, 3.05) is 11.4 Å². The zero-order valence-corrected chi connectivity index (χ0v) is 14.9. The fraction of sp³-hybridized carbons (Fsp3) is 0.684. The van der Waals surface area contributed by atoms with E-state index in [0.717, 1.165) is 13.1 Å². The molecule has 118 valence electrons. The van der Waals surface area contributed by atoms with E-state index in [2.05, 4.69) is 70.8 Å². The summed E-state index contributed by atoms with van der Waals surface area (Å²) in [5.41, 5.74) is 6.09. The van der Waals surface area contributed by atoms with Gasteiger partial charge in [-0.05, 0) is 62.8 Å². The Labute approximate surface area is 130 Å². The van der Waals surface area contributed by atoms with E-state index in [1.165, 1.54) is 28.8 Å².